The zero-order valence-electron chi connectivity index (χ0n) is 22.9. The van der Waals surface area contributed by atoms with Gasteiger partial charge in [-0.25, -0.2) is 0 Å². The van der Waals surface area contributed by atoms with Gasteiger partial charge in [-0.1, -0.05) is 60.5 Å². The Kier molecular flexibility index (Phi) is 7.43. The van der Waals surface area contributed by atoms with Gasteiger partial charge in [-0.2, -0.15) is 0 Å². The molecule has 4 aliphatic carbocycles. The van der Waals surface area contributed by atoms with E-state index in [9.17, 15) is 4.79 Å². The van der Waals surface area contributed by atoms with Gasteiger partial charge in [0.15, 0.2) is 0 Å². The second-order valence-electron chi connectivity index (χ2n) is 13.7. The molecule has 33 heavy (non-hydrogen) atoms. The van der Waals surface area contributed by atoms with Crippen molar-refractivity contribution in [3.63, 3.8) is 0 Å². The van der Waals surface area contributed by atoms with Crippen LogP contribution in [0.5, 0.6) is 0 Å². The van der Waals surface area contributed by atoms with Crippen molar-refractivity contribution in [1.82, 2.24) is 5.32 Å². The van der Waals surface area contributed by atoms with E-state index in [1.165, 1.54) is 69.9 Å². The topological polar surface area (TPSA) is 29.1 Å². The van der Waals surface area contributed by atoms with Gasteiger partial charge < -0.3 is 5.32 Å². The summed E-state index contributed by atoms with van der Waals surface area (Å²) in [5.74, 6) is 7.20. The van der Waals surface area contributed by atoms with Gasteiger partial charge in [0.2, 0.25) is 5.91 Å². The number of rotatable bonds is 7. The summed E-state index contributed by atoms with van der Waals surface area (Å²) in [6, 6.07) is 0. The molecule has 0 saturated heterocycles. The Morgan fingerprint density at radius 2 is 1.76 bits per heavy atom. The third-order valence-electron chi connectivity index (χ3n) is 11.9. The van der Waals surface area contributed by atoms with E-state index < -0.39 is 0 Å². The van der Waals surface area contributed by atoms with E-state index in [4.69, 9.17) is 0 Å². The molecular weight excluding hydrogens is 402 g/mol. The molecular formula is C31H53NO. The predicted molar refractivity (Wildman–Crippen MR) is 140 cm³/mol. The Balaban J connectivity index is 1.45. The van der Waals surface area contributed by atoms with Crippen molar-refractivity contribution in [2.24, 2.45) is 58.2 Å². The third kappa shape index (κ3) is 4.58. The van der Waals surface area contributed by atoms with Crippen LogP contribution in [0.15, 0.2) is 11.8 Å². The van der Waals surface area contributed by atoms with Crippen LogP contribution in [0.4, 0.5) is 0 Å². The predicted octanol–water partition coefficient (Wildman–Crippen LogP) is 8.37. The van der Waals surface area contributed by atoms with Crippen LogP contribution in [-0.2, 0) is 4.79 Å². The number of carbonyl (C=O) groups is 1. The molecule has 0 aromatic heterocycles. The molecule has 4 aliphatic rings. The summed E-state index contributed by atoms with van der Waals surface area (Å²) in [5, 5.41) is 3.12. The van der Waals surface area contributed by atoms with Gasteiger partial charge in [0.05, 0.1) is 0 Å². The Morgan fingerprint density at radius 3 is 2.42 bits per heavy atom. The second kappa shape index (κ2) is 9.69. The fourth-order valence-corrected chi connectivity index (χ4v) is 9.87. The lowest BCUT2D eigenvalue weighted by atomic mass is 9.45. The fourth-order valence-electron chi connectivity index (χ4n) is 9.87. The molecule has 1 amide bonds. The number of hydrogen-bond donors (Lipinski definition) is 1. The van der Waals surface area contributed by atoms with E-state index in [0.29, 0.717) is 10.8 Å². The zero-order valence-corrected chi connectivity index (χ0v) is 22.9. The number of allylic oxidation sites excluding steroid dienone is 2. The van der Waals surface area contributed by atoms with Crippen molar-refractivity contribution < 1.29 is 4.79 Å². The number of nitrogens with one attached hydrogen (secondary N) is 1. The van der Waals surface area contributed by atoms with Gasteiger partial charge in [0, 0.05) is 12.6 Å². The highest BCUT2D eigenvalue weighted by Gasteiger charge is 2.60. The second-order valence-corrected chi connectivity index (χ2v) is 13.7. The molecule has 2 heteroatoms. The summed E-state index contributed by atoms with van der Waals surface area (Å²) in [5.41, 5.74) is 2.22. The molecule has 0 heterocycles. The lowest BCUT2D eigenvalue weighted by Gasteiger charge is -2.60. The van der Waals surface area contributed by atoms with Crippen LogP contribution in [0.3, 0.4) is 0 Å². The summed E-state index contributed by atoms with van der Waals surface area (Å²) in [6.45, 7) is 16.8. The highest BCUT2D eigenvalue weighted by Crippen LogP contribution is 2.68. The van der Waals surface area contributed by atoms with Crippen LogP contribution in [0.2, 0.25) is 0 Å². The normalized spacial score (nSPS) is 42.1. The number of hydrogen-bond acceptors (Lipinski definition) is 1. The molecule has 4 rings (SSSR count). The molecule has 0 unspecified atom stereocenters. The van der Waals surface area contributed by atoms with E-state index in [1.54, 1.807) is 6.92 Å². The van der Waals surface area contributed by atoms with E-state index in [1.807, 2.05) is 0 Å². The first-order valence-electron chi connectivity index (χ1n) is 14.6. The summed E-state index contributed by atoms with van der Waals surface area (Å²) in [6.07, 6.45) is 17.5. The van der Waals surface area contributed by atoms with Crippen molar-refractivity contribution in [3.05, 3.63) is 11.8 Å². The van der Waals surface area contributed by atoms with Crippen LogP contribution in [0, 0.1) is 58.2 Å². The molecule has 188 valence electrons. The van der Waals surface area contributed by atoms with Crippen LogP contribution in [-0.4, -0.2) is 5.91 Å². The molecule has 0 bridgehead atoms. The zero-order chi connectivity index (χ0) is 24.0. The summed E-state index contributed by atoms with van der Waals surface area (Å²) < 4.78 is 0. The maximum Gasteiger partial charge on any atom is 0.220 e. The maximum atomic E-state index is 11.6. The average molecular weight is 456 g/mol. The Morgan fingerprint density at radius 1 is 1.03 bits per heavy atom. The smallest absolute Gasteiger partial charge is 0.220 e. The highest BCUT2D eigenvalue weighted by atomic mass is 16.1. The van der Waals surface area contributed by atoms with E-state index in [0.717, 1.165) is 53.8 Å². The Bertz CT molecular complexity index is 739. The first-order chi connectivity index (χ1) is 15.6. The van der Waals surface area contributed by atoms with Gasteiger partial charge in [0.1, 0.15) is 0 Å². The van der Waals surface area contributed by atoms with Crippen molar-refractivity contribution in [2.75, 3.05) is 0 Å². The van der Waals surface area contributed by atoms with Crippen molar-refractivity contribution >= 4 is 5.91 Å². The van der Waals surface area contributed by atoms with E-state index >= 15 is 0 Å². The standard InChI is InChI=1S/C31H53NO/c1-8-23(20(2)3)10-9-21(4)27-13-14-28-26-12-11-24-19-25(32-22(5)33)15-17-30(24,6)29(26)16-18-31(27,28)7/h15,20-21,23-24,26-29H,8-14,16-19H2,1-7H3,(H,32,33)/t21-,23-,24+,26+,27-,28+,29+,30+,31-/m1/s1. The van der Waals surface area contributed by atoms with Gasteiger partial charge in [-0.3, -0.25) is 4.79 Å². The lowest BCUT2D eigenvalue weighted by Crippen LogP contribution is -2.53. The fraction of sp³-hybridized carbons (Fsp3) is 0.903. The van der Waals surface area contributed by atoms with Gasteiger partial charge in [0.25, 0.3) is 0 Å². The van der Waals surface area contributed by atoms with Crippen LogP contribution in [0.1, 0.15) is 119 Å². The van der Waals surface area contributed by atoms with Crippen LogP contribution in [0.25, 0.3) is 0 Å². The van der Waals surface area contributed by atoms with Gasteiger partial charge in [-0.15, -0.1) is 0 Å². The molecule has 0 aliphatic heterocycles. The largest absolute Gasteiger partial charge is 0.330 e. The van der Waals surface area contributed by atoms with Crippen LogP contribution < -0.4 is 5.32 Å². The van der Waals surface area contributed by atoms with E-state index in [2.05, 4.69) is 52.9 Å². The maximum absolute atomic E-state index is 11.6. The molecule has 0 spiro atoms. The SMILES string of the molecule is CC[C@H](CC[C@@H](C)[C@H]1CC[C@H]2[C@@H]3CC[C@H]4CC(NC(C)=O)=CC[C@]4(C)[C@H]3CC[C@]12C)C(C)C. The first kappa shape index (κ1) is 25.3. The molecule has 0 aromatic rings. The molecule has 3 fully saturated rings. The first-order valence-corrected chi connectivity index (χ1v) is 14.6. The minimum absolute atomic E-state index is 0.0942. The molecule has 2 nitrogen and oxygen atoms in total. The molecule has 3 saturated carbocycles. The lowest BCUT2D eigenvalue weighted by molar-refractivity contribution is -0.119. The summed E-state index contributed by atoms with van der Waals surface area (Å²) >= 11 is 0. The monoisotopic (exact) mass is 455 g/mol. The van der Waals surface area contributed by atoms with Gasteiger partial charge in [-0.05, 0) is 116 Å². The molecule has 9 atom stereocenters. The average Bonchev–Trinajstić information content (AvgIpc) is 3.11. The third-order valence-corrected chi connectivity index (χ3v) is 11.9. The Labute approximate surface area is 205 Å². The number of amides is 1. The van der Waals surface area contributed by atoms with Crippen molar-refractivity contribution in [2.45, 2.75) is 119 Å². The van der Waals surface area contributed by atoms with Gasteiger partial charge >= 0.3 is 0 Å². The quantitative estimate of drug-likeness (QED) is 0.410. The highest BCUT2D eigenvalue weighted by molar-refractivity contribution is 5.74. The molecule has 0 radical (unpaired) electrons. The Hall–Kier alpha value is -0.790. The minimum Gasteiger partial charge on any atom is -0.330 e. The number of fused-ring (bicyclic) bond motifs is 5. The van der Waals surface area contributed by atoms with E-state index in [-0.39, 0.29) is 5.91 Å². The molecule has 0 aromatic carbocycles. The van der Waals surface area contributed by atoms with Crippen LogP contribution >= 0.6 is 0 Å². The minimum atomic E-state index is 0.0942. The number of carbonyl (C=O) groups excluding carboxylic acids is 1. The molecule has 1 N–H and O–H groups in total. The van der Waals surface area contributed by atoms with Crippen molar-refractivity contribution in [3.8, 4) is 0 Å². The summed E-state index contributed by atoms with van der Waals surface area (Å²) in [4.78, 5) is 11.6. The van der Waals surface area contributed by atoms with Crippen molar-refractivity contribution in [1.29, 1.82) is 0 Å². The summed E-state index contributed by atoms with van der Waals surface area (Å²) in [7, 11) is 0.